The van der Waals surface area contributed by atoms with Crippen LogP contribution in [0.5, 0.6) is 28.7 Å². The highest BCUT2D eigenvalue weighted by molar-refractivity contribution is 6.00. The molecule has 148 valence electrons. The number of aromatic hydroxyl groups is 1. The molecule has 8 heteroatoms. The normalized spacial score (nSPS) is 12.4. The van der Waals surface area contributed by atoms with Gasteiger partial charge in [0.1, 0.15) is 22.6 Å². The number of phenolic OH excluding ortho intramolecular Hbond substituents is 1. The van der Waals surface area contributed by atoms with Gasteiger partial charge in [0.2, 0.25) is 0 Å². The Kier molecular flexibility index (Phi) is 5.15. The van der Waals surface area contributed by atoms with Gasteiger partial charge in [-0.2, -0.15) is 0 Å². The fourth-order valence-corrected chi connectivity index (χ4v) is 3.15. The lowest BCUT2D eigenvalue weighted by Crippen LogP contribution is -2.15. The van der Waals surface area contributed by atoms with Crippen molar-refractivity contribution in [2.75, 3.05) is 13.7 Å². The zero-order valence-electron chi connectivity index (χ0n) is 16.0. The highest BCUT2D eigenvalue weighted by atomic mass is 16.6. The molecule has 28 heavy (non-hydrogen) atoms. The van der Waals surface area contributed by atoms with Crippen molar-refractivity contribution in [2.45, 2.75) is 27.3 Å². The quantitative estimate of drug-likeness (QED) is 0.529. The molecule has 1 aliphatic rings. The van der Waals surface area contributed by atoms with E-state index in [0.717, 1.165) is 0 Å². The Balaban J connectivity index is 2.32. The lowest BCUT2D eigenvalue weighted by atomic mass is 10.0. The number of hydrogen-bond acceptors (Lipinski definition) is 7. The molecular weight excluding hydrogens is 366 g/mol. The van der Waals surface area contributed by atoms with Gasteiger partial charge in [-0.05, 0) is 38.1 Å². The number of benzene rings is 2. The Morgan fingerprint density at radius 2 is 1.89 bits per heavy atom. The summed E-state index contributed by atoms with van der Waals surface area (Å²) in [4.78, 5) is 24.7. The van der Waals surface area contributed by atoms with Gasteiger partial charge in [0, 0.05) is 12.1 Å². The molecule has 0 spiro atoms. The summed E-state index contributed by atoms with van der Waals surface area (Å²) in [6.07, 6.45) is 0. The number of carboxylic acid groups (broad SMARTS) is 1. The molecule has 0 aromatic heterocycles. The lowest BCUT2D eigenvalue weighted by molar-refractivity contribution is 0.0685. The standard InChI is InChI=1S/C20H21NO7/c1-5-21-8-12-13(22)6-9(2)15-17(12)27-18-11(19(23)24)7-14(26-4)10(3)16(18)28-20(15)25/h6-7,21-22H,5,8H2,1-4H3,(H,23,24). The van der Waals surface area contributed by atoms with E-state index in [2.05, 4.69) is 5.32 Å². The molecule has 1 heterocycles. The smallest absolute Gasteiger partial charge is 0.347 e. The number of ether oxygens (including phenoxy) is 3. The molecule has 0 fully saturated rings. The number of methoxy groups -OCH3 is 1. The van der Waals surface area contributed by atoms with E-state index in [1.165, 1.54) is 19.2 Å². The Hall–Kier alpha value is -3.26. The summed E-state index contributed by atoms with van der Waals surface area (Å²) in [6, 6.07) is 2.77. The topological polar surface area (TPSA) is 114 Å². The third-order valence-corrected chi connectivity index (χ3v) is 4.60. The van der Waals surface area contributed by atoms with Crippen LogP contribution < -0.4 is 19.5 Å². The minimum Gasteiger partial charge on any atom is -0.507 e. The maximum atomic E-state index is 12.9. The summed E-state index contributed by atoms with van der Waals surface area (Å²) >= 11 is 0. The maximum Gasteiger partial charge on any atom is 0.347 e. The number of esters is 1. The van der Waals surface area contributed by atoms with Crippen LogP contribution >= 0.6 is 0 Å². The third kappa shape index (κ3) is 3.11. The highest BCUT2D eigenvalue weighted by Gasteiger charge is 2.33. The Morgan fingerprint density at radius 3 is 2.50 bits per heavy atom. The van der Waals surface area contributed by atoms with Crippen molar-refractivity contribution < 1.29 is 34.0 Å². The molecule has 0 aliphatic carbocycles. The summed E-state index contributed by atoms with van der Waals surface area (Å²) in [5.41, 5.74) is 1.15. The second kappa shape index (κ2) is 7.40. The van der Waals surface area contributed by atoms with E-state index < -0.39 is 11.9 Å². The van der Waals surface area contributed by atoms with Crippen molar-refractivity contribution in [3.05, 3.63) is 39.9 Å². The van der Waals surface area contributed by atoms with Gasteiger partial charge in [0.25, 0.3) is 0 Å². The Labute approximate surface area is 161 Å². The number of carbonyl (C=O) groups is 2. The van der Waals surface area contributed by atoms with E-state index in [9.17, 15) is 19.8 Å². The largest absolute Gasteiger partial charge is 0.507 e. The van der Waals surface area contributed by atoms with E-state index in [-0.39, 0.29) is 46.4 Å². The van der Waals surface area contributed by atoms with Crippen LogP contribution in [0.1, 0.15) is 44.3 Å². The molecule has 8 nitrogen and oxygen atoms in total. The molecule has 1 aliphatic heterocycles. The number of nitrogens with one attached hydrogen (secondary N) is 1. The van der Waals surface area contributed by atoms with Gasteiger partial charge in [-0.25, -0.2) is 9.59 Å². The Morgan fingerprint density at radius 1 is 1.18 bits per heavy atom. The van der Waals surface area contributed by atoms with E-state index in [4.69, 9.17) is 14.2 Å². The number of hydrogen-bond donors (Lipinski definition) is 3. The van der Waals surface area contributed by atoms with Crippen LogP contribution in [0.4, 0.5) is 0 Å². The monoisotopic (exact) mass is 387 g/mol. The molecule has 0 saturated carbocycles. The van der Waals surface area contributed by atoms with Crippen molar-refractivity contribution in [2.24, 2.45) is 0 Å². The van der Waals surface area contributed by atoms with Gasteiger partial charge in [-0.15, -0.1) is 0 Å². The second-order valence-electron chi connectivity index (χ2n) is 6.38. The molecule has 0 radical (unpaired) electrons. The molecule has 3 N–H and O–H groups in total. The van der Waals surface area contributed by atoms with E-state index in [1.54, 1.807) is 13.8 Å². The molecule has 3 rings (SSSR count). The minimum absolute atomic E-state index is 0.0220. The summed E-state index contributed by atoms with van der Waals surface area (Å²) in [5, 5.41) is 23.1. The van der Waals surface area contributed by atoms with Crippen LogP contribution in [0.25, 0.3) is 0 Å². The molecule has 0 atom stereocenters. The van der Waals surface area contributed by atoms with Gasteiger partial charge in [0.15, 0.2) is 17.2 Å². The van der Waals surface area contributed by atoms with Gasteiger partial charge in [0.05, 0.1) is 12.7 Å². The lowest BCUT2D eigenvalue weighted by Gasteiger charge is -2.17. The van der Waals surface area contributed by atoms with Crippen LogP contribution in [0.15, 0.2) is 12.1 Å². The molecule has 2 aromatic rings. The van der Waals surface area contributed by atoms with Crippen molar-refractivity contribution >= 4 is 11.9 Å². The SMILES string of the molecule is CCNCc1c(O)cc(C)c2c1Oc1c(C(=O)O)cc(OC)c(C)c1OC2=O. The average Bonchev–Trinajstić information content (AvgIpc) is 2.78. The van der Waals surface area contributed by atoms with Crippen LogP contribution in [-0.2, 0) is 6.54 Å². The molecular formula is C20H21NO7. The van der Waals surface area contributed by atoms with Crippen LogP contribution in [0.2, 0.25) is 0 Å². The summed E-state index contributed by atoms with van der Waals surface area (Å²) in [5.74, 6) is -1.82. The number of fused-ring (bicyclic) bond motifs is 2. The average molecular weight is 387 g/mol. The number of aromatic carboxylic acids is 1. The van der Waals surface area contributed by atoms with Gasteiger partial charge < -0.3 is 29.7 Å². The van der Waals surface area contributed by atoms with E-state index in [0.29, 0.717) is 23.2 Å². The molecule has 2 aromatic carbocycles. The predicted molar refractivity (Wildman–Crippen MR) is 99.9 cm³/mol. The number of phenols is 1. The molecule has 0 unspecified atom stereocenters. The van der Waals surface area contributed by atoms with Crippen molar-refractivity contribution in [1.29, 1.82) is 0 Å². The number of rotatable bonds is 5. The van der Waals surface area contributed by atoms with E-state index >= 15 is 0 Å². The number of carboxylic acids is 1. The van der Waals surface area contributed by atoms with Crippen molar-refractivity contribution in [3.63, 3.8) is 0 Å². The third-order valence-electron chi connectivity index (χ3n) is 4.60. The van der Waals surface area contributed by atoms with Crippen molar-refractivity contribution in [1.82, 2.24) is 5.32 Å². The first-order valence-electron chi connectivity index (χ1n) is 8.71. The summed E-state index contributed by atoms with van der Waals surface area (Å²) in [6.45, 7) is 6.03. The molecule has 0 bridgehead atoms. The van der Waals surface area contributed by atoms with Crippen LogP contribution in [0.3, 0.4) is 0 Å². The number of carbonyl (C=O) groups excluding carboxylic acids is 1. The summed E-state index contributed by atoms with van der Waals surface area (Å²) in [7, 11) is 1.39. The minimum atomic E-state index is -1.26. The number of aryl methyl sites for hydroxylation is 1. The van der Waals surface area contributed by atoms with Crippen LogP contribution in [0, 0.1) is 13.8 Å². The first-order chi connectivity index (χ1) is 13.3. The Bertz CT molecular complexity index is 981. The maximum absolute atomic E-state index is 12.9. The zero-order chi connectivity index (χ0) is 20.6. The van der Waals surface area contributed by atoms with Gasteiger partial charge in [-0.1, -0.05) is 6.92 Å². The zero-order valence-corrected chi connectivity index (χ0v) is 16.0. The van der Waals surface area contributed by atoms with Gasteiger partial charge in [-0.3, -0.25) is 0 Å². The fourth-order valence-electron chi connectivity index (χ4n) is 3.15. The first-order valence-corrected chi connectivity index (χ1v) is 8.71. The second-order valence-corrected chi connectivity index (χ2v) is 6.38. The molecule has 0 saturated heterocycles. The van der Waals surface area contributed by atoms with Crippen molar-refractivity contribution in [3.8, 4) is 28.7 Å². The highest BCUT2D eigenvalue weighted by Crippen LogP contribution is 2.48. The predicted octanol–water partition coefficient (Wildman–Crippen LogP) is 3.15. The summed E-state index contributed by atoms with van der Waals surface area (Å²) < 4.78 is 16.7. The van der Waals surface area contributed by atoms with E-state index in [1.807, 2.05) is 6.92 Å². The fraction of sp³-hybridized carbons (Fsp3) is 0.300. The first kappa shape index (κ1) is 19.5. The molecule has 0 amide bonds. The van der Waals surface area contributed by atoms with Crippen LogP contribution in [-0.4, -0.2) is 35.8 Å². The van der Waals surface area contributed by atoms with Gasteiger partial charge >= 0.3 is 11.9 Å².